The molecule has 2 heteroatoms. The quantitative estimate of drug-likeness (QED) is 0.836. The van der Waals surface area contributed by atoms with Crippen LogP contribution in [0.3, 0.4) is 0 Å². The lowest BCUT2D eigenvalue weighted by Crippen LogP contribution is -2.07. The number of nitrogens with zero attached hydrogens (tertiary/aromatic N) is 1. The van der Waals surface area contributed by atoms with Gasteiger partial charge in [-0.15, -0.1) is 0 Å². The summed E-state index contributed by atoms with van der Waals surface area (Å²) in [4.78, 5) is 0. The van der Waals surface area contributed by atoms with Crippen LogP contribution in [0.1, 0.15) is 30.4 Å². The van der Waals surface area contributed by atoms with Crippen molar-refractivity contribution >= 4 is 10.9 Å². The first-order valence-corrected chi connectivity index (χ1v) is 6.58. The molecule has 1 fully saturated rings. The molecule has 1 aromatic carbocycles. The van der Waals surface area contributed by atoms with Crippen molar-refractivity contribution in [2.75, 3.05) is 13.1 Å². The van der Waals surface area contributed by atoms with Gasteiger partial charge in [-0.2, -0.15) is 0 Å². The zero-order valence-electron chi connectivity index (χ0n) is 10.7. The molecule has 2 aromatic rings. The van der Waals surface area contributed by atoms with Crippen molar-refractivity contribution in [1.29, 1.82) is 0 Å². The minimum absolute atomic E-state index is 0.700. The van der Waals surface area contributed by atoms with Gasteiger partial charge in [-0.3, -0.25) is 0 Å². The van der Waals surface area contributed by atoms with Gasteiger partial charge in [0.05, 0.1) is 5.52 Å². The number of aryl methyl sites for hydroxylation is 2. The molecular formula is C15H20N2. The number of hydrogen-bond donors (Lipinski definition) is 1. The lowest BCUT2D eigenvalue weighted by molar-refractivity contribution is 0.763. The summed E-state index contributed by atoms with van der Waals surface area (Å²) in [5.74, 6) is 0.700. The largest absolute Gasteiger partial charge is 0.350 e. The normalized spacial score (nSPS) is 20.2. The highest BCUT2D eigenvalue weighted by Gasteiger charge is 2.21. The van der Waals surface area contributed by atoms with Crippen molar-refractivity contribution in [2.24, 2.45) is 7.05 Å². The maximum Gasteiger partial charge on any atom is 0.0513 e. The molecule has 2 heterocycles. The van der Waals surface area contributed by atoms with Crippen LogP contribution in [0.15, 0.2) is 24.4 Å². The number of fused-ring (bicyclic) bond motifs is 1. The van der Waals surface area contributed by atoms with E-state index in [4.69, 9.17) is 0 Å². The lowest BCUT2D eigenvalue weighted by atomic mass is 9.97. The van der Waals surface area contributed by atoms with E-state index in [9.17, 15) is 0 Å². The first-order valence-electron chi connectivity index (χ1n) is 6.58. The second-order valence-electron chi connectivity index (χ2n) is 5.05. The minimum Gasteiger partial charge on any atom is -0.350 e. The summed E-state index contributed by atoms with van der Waals surface area (Å²) < 4.78 is 2.31. The van der Waals surface area contributed by atoms with Gasteiger partial charge in [0.15, 0.2) is 0 Å². The standard InChI is InChI=1S/C15H20N2/c1-3-11-5-4-6-13-14(10-17(2)15(11)13)12-7-8-16-9-12/h4-6,10,12,16H,3,7-9H2,1-2H3. The van der Waals surface area contributed by atoms with Gasteiger partial charge in [0.2, 0.25) is 0 Å². The molecule has 1 aromatic heterocycles. The van der Waals surface area contributed by atoms with Gasteiger partial charge in [-0.1, -0.05) is 25.1 Å². The Kier molecular flexibility index (Phi) is 2.67. The fraction of sp³-hybridized carbons (Fsp3) is 0.467. The topological polar surface area (TPSA) is 17.0 Å². The van der Waals surface area contributed by atoms with Gasteiger partial charge in [0, 0.05) is 25.2 Å². The van der Waals surface area contributed by atoms with Gasteiger partial charge in [0.25, 0.3) is 0 Å². The maximum absolute atomic E-state index is 3.46. The molecule has 0 saturated carbocycles. The highest BCUT2D eigenvalue weighted by Crippen LogP contribution is 2.32. The van der Waals surface area contributed by atoms with Crippen LogP contribution in [-0.2, 0) is 13.5 Å². The number of aromatic nitrogens is 1. The third-order valence-electron chi connectivity index (χ3n) is 4.00. The van der Waals surface area contributed by atoms with Crippen molar-refractivity contribution in [3.8, 4) is 0 Å². The summed E-state index contributed by atoms with van der Waals surface area (Å²) >= 11 is 0. The molecule has 17 heavy (non-hydrogen) atoms. The van der Waals surface area contributed by atoms with Crippen molar-refractivity contribution < 1.29 is 0 Å². The molecule has 1 aliphatic rings. The van der Waals surface area contributed by atoms with E-state index >= 15 is 0 Å². The van der Waals surface area contributed by atoms with E-state index in [0.29, 0.717) is 5.92 Å². The summed E-state index contributed by atoms with van der Waals surface area (Å²) in [5.41, 5.74) is 4.42. The molecule has 90 valence electrons. The van der Waals surface area contributed by atoms with E-state index in [1.54, 1.807) is 0 Å². The van der Waals surface area contributed by atoms with E-state index in [0.717, 1.165) is 19.5 Å². The number of rotatable bonds is 2. The van der Waals surface area contributed by atoms with E-state index in [1.165, 1.54) is 28.5 Å². The number of benzene rings is 1. The summed E-state index contributed by atoms with van der Waals surface area (Å²) in [6.07, 6.45) is 4.72. The monoisotopic (exact) mass is 228 g/mol. The molecule has 1 atom stereocenters. The fourth-order valence-corrected chi connectivity index (χ4v) is 3.11. The summed E-state index contributed by atoms with van der Waals surface area (Å²) in [5, 5.41) is 4.92. The molecule has 0 bridgehead atoms. The predicted octanol–water partition coefficient (Wildman–Crippen LogP) is 2.82. The van der Waals surface area contributed by atoms with Crippen LogP contribution >= 0.6 is 0 Å². The Morgan fingerprint density at radius 2 is 2.29 bits per heavy atom. The zero-order valence-corrected chi connectivity index (χ0v) is 10.7. The Morgan fingerprint density at radius 3 is 3.00 bits per heavy atom. The van der Waals surface area contributed by atoms with Gasteiger partial charge in [-0.25, -0.2) is 0 Å². The SMILES string of the molecule is CCc1cccc2c(C3CCNC3)cn(C)c12. The fourth-order valence-electron chi connectivity index (χ4n) is 3.11. The van der Waals surface area contributed by atoms with Crippen LogP contribution in [0.4, 0.5) is 0 Å². The summed E-state index contributed by atoms with van der Waals surface area (Å²) in [7, 11) is 2.17. The van der Waals surface area contributed by atoms with Crippen LogP contribution in [0.25, 0.3) is 10.9 Å². The molecule has 0 radical (unpaired) electrons. The average molecular weight is 228 g/mol. The van der Waals surface area contributed by atoms with E-state index in [-0.39, 0.29) is 0 Å². The van der Waals surface area contributed by atoms with Crippen LogP contribution < -0.4 is 5.32 Å². The number of hydrogen-bond acceptors (Lipinski definition) is 1. The second-order valence-corrected chi connectivity index (χ2v) is 5.05. The van der Waals surface area contributed by atoms with Crippen molar-refractivity contribution in [3.05, 3.63) is 35.5 Å². The number of nitrogens with one attached hydrogen (secondary N) is 1. The molecule has 0 amide bonds. The molecule has 2 nitrogen and oxygen atoms in total. The van der Waals surface area contributed by atoms with Crippen LogP contribution in [0.2, 0.25) is 0 Å². The van der Waals surface area contributed by atoms with Gasteiger partial charge in [-0.05, 0) is 36.4 Å². The van der Waals surface area contributed by atoms with E-state index in [2.05, 4.69) is 48.3 Å². The highest BCUT2D eigenvalue weighted by atomic mass is 14.9. The molecule has 1 aliphatic heterocycles. The Bertz CT molecular complexity index is 533. The number of para-hydroxylation sites is 1. The second kappa shape index (κ2) is 4.19. The van der Waals surface area contributed by atoms with Gasteiger partial charge < -0.3 is 9.88 Å². The molecule has 1 N–H and O–H groups in total. The Morgan fingerprint density at radius 1 is 1.41 bits per heavy atom. The van der Waals surface area contributed by atoms with E-state index in [1.807, 2.05) is 0 Å². The smallest absolute Gasteiger partial charge is 0.0513 e. The average Bonchev–Trinajstić information content (AvgIpc) is 2.97. The van der Waals surface area contributed by atoms with Crippen molar-refractivity contribution in [3.63, 3.8) is 0 Å². The summed E-state index contributed by atoms with van der Waals surface area (Å²) in [6.45, 7) is 4.53. The Balaban J connectivity index is 2.20. The first kappa shape index (κ1) is 10.8. The first-order chi connectivity index (χ1) is 8.31. The third-order valence-corrected chi connectivity index (χ3v) is 4.00. The summed E-state index contributed by atoms with van der Waals surface area (Å²) in [6, 6.07) is 6.73. The molecule has 0 spiro atoms. The third kappa shape index (κ3) is 1.67. The Hall–Kier alpha value is -1.28. The lowest BCUT2D eigenvalue weighted by Gasteiger charge is -2.07. The van der Waals surface area contributed by atoms with E-state index < -0.39 is 0 Å². The van der Waals surface area contributed by atoms with Gasteiger partial charge >= 0.3 is 0 Å². The molecule has 1 unspecified atom stereocenters. The van der Waals surface area contributed by atoms with Crippen LogP contribution in [-0.4, -0.2) is 17.7 Å². The highest BCUT2D eigenvalue weighted by molar-refractivity contribution is 5.87. The van der Waals surface area contributed by atoms with Crippen molar-refractivity contribution in [1.82, 2.24) is 9.88 Å². The predicted molar refractivity (Wildman–Crippen MR) is 72.5 cm³/mol. The Labute approximate surface area is 103 Å². The zero-order chi connectivity index (χ0) is 11.8. The molecule has 3 rings (SSSR count). The van der Waals surface area contributed by atoms with Crippen LogP contribution in [0.5, 0.6) is 0 Å². The minimum atomic E-state index is 0.700. The van der Waals surface area contributed by atoms with Crippen LogP contribution in [0, 0.1) is 0 Å². The van der Waals surface area contributed by atoms with Crippen molar-refractivity contribution in [2.45, 2.75) is 25.7 Å². The van der Waals surface area contributed by atoms with Gasteiger partial charge in [0.1, 0.15) is 0 Å². The molecule has 1 saturated heterocycles. The molecule has 0 aliphatic carbocycles. The maximum atomic E-state index is 3.46. The molecular weight excluding hydrogens is 208 g/mol.